The Morgan fingerprint density at radius 3 is 2.77 bits per heavy atom. The van der Waals surface area contributed by atoms with Gasteiger partial charge in [-0.1, -0.05) is 6.08 Å². The van der Waals surface area contributed by atoms with Gasteiger partial charge < -0.3 is 5.32 Å². The SMILES string of the molecule is CN1C(=O)[C@@H](NC(=O)c2ncn(CC/C(F)=C(F)\C=C/CS)n2)CCn2nc([C@H]3CC3(F)F)cc21. The number of nitrogens with one attached hydrogen (secondary N) is 1. The zero-order valence-electron chi connectivity index (χ0n) is 18.7. The Bertz CT molecular complexity index is 1190. The fraction of sp³-hybridized carbons (Fsp3) is 0.476. The number of hydrogen-bond acceptors (Lipinski definition) is 6. The lowest BCUT2D eigenvalue weighted by Crippen LogP contribution is -2.47. The molecular formula is C21H23F4N7O2S. The van der Waals surface area contributed by atoms with Crippen LogP contribution in [0.25, 0.3) is 0 Å². The second-order valence-corrected chi connectivity index (χ2v) is 8.66. The number of amides is 2. The number of aromatic nitrogens is 5. The van der Waals surface area contributed by atoms with Crippen LogP contribution in [-0.2, 0) is 17.9 Å². The standard InChI is InChI=1S/C21H23F4N7O2S/c1-30-17-9-16(12-10-21(12,24)25)28-32(17)7-5-15(20(30)34)27-19(33)18-26-11-31(29-18)6-4-14(23)13(22)3-2-8-35/h2-3,9,11-12,15,35H,4-8,10H2,1H3,(H,27,33)/b3-2-,14-13-/t12-,15+/m1/s1. The van der Waals surface area contributed by atoms with Crippen molar-refractivity contribution in [1.82, 2.24) is 29.9 Å². The average Bonchev–Trinajstić information content (AvgIpc) is 3.19. The van der Waals surface area contributed by atoms with Crippen LogP contribution in [-0.4, -0.2) is 61.1 Å². The van der Waals surface area contributed by atoms with Crippen LogP contribution in [0.2, 0.25) is 0 Å². The van der Waals surface area contributed by atoms with E-state index in [0.29, 0.717) is 5.82 Å². The summed E-state index contributed by atoms with van der Waals surface area (Å²) >= 11 is 3.88. The molecule has 0 radical (unpaired) electrons. The molecule has 0 bridgehead atoms. The van der Waals surface area contributed by atoms with Crippen LogP contribution in [0.4, 0.5) is 23.4 Å². The van der Waals surface area contributed by atoms with E-state index in [2.05, 4.69) is 33.1 Å². The highest BCUT2D eigenvalue weighted by Gasteiger charge is 2.59. The number of carbonyl (C=O) groups excluding carboxylic acids is 2. The molecule has 2 amide bonds. The fourth-order valence-corrected chi connectivity index (χ4v) is 3.83. The highest BCUT2D eigenvalue weighted by atomic mass is 32.1. The van der Waals surface area contributed by atoms with Crippen LogP contribution in [0.1, 0.15) is 41.5 Å². The first-order chi connectivity index (χ1) is 16.6. The third-order valence-electron chi connectivity index (χ3n) is 5.80. The smallest absolute Gasteiger partial charge is 0.291 e. The number of nitrogens with zero attached hydrogens (tertiary/aromatic N) is 6. The maximum absolute atomic E-state index is 13.8. The summed E-state index contributed by atoms with van der Waals surface area (Å²) in [5, 5.41) is 10.8. The van der Waals surface area contributed by atoms with Gasteiger partial charge in [0.2, 0.25) is 5.82 Å². The molecule has 0 spiro atoms. The first kappa shape index (κ1) is 24.9. The highest BCUT2D eigenvalue weighted by molar-refractivity contribution is 7.80. The van der Waals surface area contributed by atoms with Gasteiger partial charge in [-0.05, 0) is 12.5 Å². The van der Waals surface area contributed by atoms with Crippen molar-refractivity contribution in [3.05, 3.63) is 47.7 Å². The molecule has 35 heavy (non-hydrogen) atoms. The molecule has 9 nitrogen and oxygen atoms in total. The number of hydrogen-bond donors (Lipinski definition) is 2. The molecule has 0 saturated heterocycles. The van der Waals surface area contributed by atoms with Crippen LogP contribution in [0, 0.1) is 0 Å². The molecule has 1 N–H and O–H groups in total. The first-order valence-corrected chi connectivity index (χ1v) is 11.5. The number of fused-ring (bicyclic) bond motifs is 1. The van der Waals surface area contributed by atoms with Crippen molar-refractivity contribution in [2.75, 3.05) is 17.7 Å². The van der Waals surface area contributed by atoms with Gasteiger partial charge in [0.1, 0.15) is 24.0 Å². The Kier molecular flexibility index (Phi) is 7.01. The van der Waals surface area contributed by atoms with Crippen molar-refractivity contribution in [2.24, 2.45) is 0 Å². The summed E-state index contributed by atoms with van der Waals surface area (Å²) in [5.74, 6) is -6.44. The zero-order chi connectivity index (χ0) is 25.3. The molecule has 0 aromatic carbocycles. The number of thiol groups is 1. The molecule has 2 aliphatic rings. The van der Waals surface area contributed by atoms with Crippen molar-refractivity contribution in [3.8, 4) is 0 Å². The molecule has 2 atom stereocenters. The second-order valence-electron chi connectivity index (χ2n) is 8.30. The highest BCUT2D eigenvalue weighted by Crippen LogP contribution is 2.55. The lowest BCUT2D eigenvalue weighted by Gasteiger charge is -2.19. The normalized spacial score (nSPS) is 22.1. The molecule has 188 valence electrons. The van der Waals surface area contributed by atoms with Gasteiger partial charge in [-0.25, -0.2) is 27.2 Å². The van der Waals surface area contributed by atoms with E-state index < -0.39 is 41.4 Å². The number of rotatable bonds is 8. The Labute approximate surface area is 203 Å². The van der Waals surface area contributed by atoms with Gasteiger partial charge in [-0.3, -0.25) is 19.2 Å². The van der Waals surface area contributed by atoms with Gasteiger partial charge in [0.15, 0.2) is 5.83 Å². The summed E-state index contributed by atoms with van der Waals surface area (Å²) in [4.78, 5) is 30.6. The van der Waals surface area contributed by atoms with Crippen LogP contribution in [0.3, 0.4) is 0 Å². The van der Waals surface area contributed by atoms with E-state index in [1.54, 1.807) is 0 Å². The van der Waals surface area contributed by atoms with Gasteiger partial charge in [-0.2, -0.15) is 17.7 Å². The number of alkyl halides is 2. The third-order valence-corrected chi connectivity index (χ3v) is 6.01. The largest absolute Gasteiger partial charge is 0.337 e. The number of allylic oxidation sites excluding steroid dienone is 3. The van der Waals surface area contributed by atoms with Crippen molar-refractivity contribution >= 4 is 30.3 Å². The monoisotopic (exact) mass is 513 g/mol. The van der Waals surface area contributed by atoms with Crippen LogP contribution in [0.5, 0.6) is 0 Å². The van der Waals surface area contributed by atoms with E-state index in [1.807, 2.05) is 0 Å². The van der Waals surface area contributed by atoms with E-state index in [-0.39, 0.29) is 49.6 Å². The van der Waals surface area contributed by atoms with E-state index in [4.69, 9.17) is 0 Å². The lowest BCUT2D eigenvalue weighted by molar-refractivity contribution is -0.120. The third kappa shape index (κ3) is 5.41. The first-order valence-electron chi connectivity index (χ1n) is 10.9. The van der Waals surface area contributed by atoms with Gasteiger partial charge in [0, 0.05) is 44.8 Å². The van der Waals surface area contributed by atoms with Gasteiger partial charge in [0.05, 0.1) is 11.6 Å². The molecule has 2 aromatic rings. The molecule has 1 aliphatic carbocycles. The molecule has 0 unspecified atom stereocenters. The maximum atomic E-state index is 13.8. The summed E-state index contributed by atoms with van der Waals surface area (Å²) in [6, 6.07) is 0.557. The molecule has 1 aliphatic heterocycles. The summed E-state index contributed by atoms with van der Waals surface area (Å²) < 4.78 is 56.8. The summed E-state index contributed by atoms with van der Waals surface area (Å²) in [6.45, 7) is 0.179. The fourth-order valence-electron chi connectivity index (χ4n) is 3.73. The summed E-state index contributed by atoms with van der Waals surface area (Å²) in [7, 11) is 1.48. The van der Waals surface area contributed by atoms with Gasteiger partial charge in [-0.15, -0.1) is 5.10 Å². The van der Waals surface area contributed by atoms with Crippen molar-refractivity contribution in [3.63, 3.8) is 0 Å². The Morgan fingerprint density at radius 2 is 2.09 bits per heavy atom. The molecule has 2 aromatic heterocycles. The predicted octanol–water partition coefficient (Wildman–Crippen LogP) is 2.79. The summed E-state index contributed by atoms with van der Waals surface area (Å²) in [5.41, 5.74) is 0.241. The van der Waals surface area contributed by atoms with Crippen molar-refractivity contribution in [2.45, 2.75) is 50.2 Å². The van der Waals surface area contributed by atoms with Crippen molar-refractivity contribution in [1.29, 1.82) is 0 Å². The number of halogens is 4. The quantitative estimate of drug-likeness (QED) is 0.322. The molecule has 14 heteroatoms. The second kappa shape index (κ2) is 9.84. The molecule has 4 rings (SSSR count). The topological polar surface area (TPSA) is 97.9 Å². The maximum Gasteiger partial charge on any atom is 0.291 e. The molecule has 3 heterocycles. The Balaban J connectivity index is 1.36. The number of carbonyl (C=O) groups is 2. The van der Waals surface area contributed by atoms with Crippen LogP contribution in [0.15, 0.2) is 36.2 Å². The Hall–Kier alpha value is -3.16. The minimum Gasteiger partial charge on any atom is -0.337 e. The molecule has 1 fully saturated rings. The minimum absolute atomic E-state index is 0.0527. The lowest BCUT2D eigenvalue weighted by atomic mass is 10.2. The average molecular weight is 514 g/mol. The molecular weight excluding hydrogens is 490 g/mol. The van der Waals surface area contributed by atoms with E-state index >= 15 is 0 Å². The molecule has 1 saturated carbocycles. The van der Waals surface area contributed by atoms with Gasteiger partial charge >= 0.3 is 0 Å². The number of anilines is 1. The minimum atomic E-state index is -2.77. The van der Waals surface area contributed by atoms with E-state index in [9.17, 15) is 27.2 Å². The van der Waals surface area contributed by atoms with Crippen molar-refractivity contribution < 1.29 is 27.2 Å². The van der Waals surface area contributed by atoms with Crippen LogP contribution < -0.4 is 10.2 Å². The van der Waals surface area contributed by atoms with E-state index in [0.717, 1.165) is 6.08 Å². The van der Waals surface area contributed by atoms with Crippen LogP contribution >= 0.6 is 12.6 Å². The summed E-state index contributed by atoms with van der Waals surface area (Å²) in [6.07, 6.45) is 3.18. The number of likely N-dealkylation sites (N-methyl/N-ethyl adjacent to an activating group) is 1. The number of aryl methyl sites for hydroxylation is 2. The zero-order valence-corrected chi connectivity index (χ0v) is 19.6. The van der Waals surface area contributed by atoms with Gasteiger partial charge in [0.25, 0.3) is 17.7 Å². The predicted molar refractivity (Wildman–Crippen MR) is 121 cm³/mol. The Morgan fingerprint density at radius 1 is 1.34 bits per heavy atom. The van der Waals surface area contributed by atoms with E-state index in [1.165, 1.54) is 39.8 Å².